The van der Waals surface area contributed by atoms with E-state index in [4.69, 9.17) is 75.8 Å². The monoisotopic (exact) mass is 908 g/mol. The molecule has 0 aromatic carbocycles. The first kappa shape index (κ1) is 50.6. The molecule has 0 aliphatic carbocycles. The van der Waals surface area contributed by atoms with Crippen molar-refractivity contribution in [3.8, 4) is 0 Å². The molecule has 1 unspecified atom stereocenters. The second-order valence-electron chi connectivity index (χ2n) is 14.5. The van der Waals surface area contributed by atoms with Gasteiger partial charge in [0, 0.05) is 62.3 Å². The summed E-state index contributed by atoms with van der Waals surface area (Å²) < 4.78 is 91.6. The molecule has 0 amide bonds. The van der Waals surface area contributed by atoms with Crippen molar-refractivity contribution in [3.63, 3.8) is 0 Å². The van der Waals surface area contributed by atoms with Crippen LogP contribution in [0.3, 0.4) is 0 Å². The highest BCUT2D eigenvalue weighted by molar-refractivity contribution is 5.70. The average molecular weight is 909 g/mol. The second kappa shape index (κ2) is 22.5. The van der Waals surface area contributed by atoms with Crippen LogP contribution < -0.4 is 0 Å². The summed E-state index contributed by atoms with van der Waals surface area (Å²) in [5.74, 6) is -7.79. The Kier molecular flexibility index (Phi) is 18.1. The normalized spacial score (nSPS) is 34.8. The Balaban J connectivity index is 1.76. The molecule has 4 aliphatic rings. The van der Waals surface area contributed by atoms with Crippen molar-refractivity contribution in [2.45, 2.75) is 168 Å². The van der Waals surface area contributed by atoms with E-state index in [-0.39, 0.29) is 0 Å². The van der Waals surface area contributed by atoms with E-state index in [1.165, 1.54) is 6.92 Å². The quantitative estimate of drug-likeness (QED) is 0.132. The van der Waals surface area contributed by atoms with Crippen molar-refractivity contribution in [1.29, 1.82) is 0 Å². The molecule has 63 heavy (non-hydrogen) atoms. The van der Waals surface area contributed by atoms with Gasteiger partial charge in [-0.05, 0) is 6.92 Å². The van der Waals surface area contributed by atoms with Crippen molar-refractivity contribution in [2.75, 3.05) is 19.8 Å². The van der Waals surface area contributed by atoms with E-state index in [9.17, 15) is 43.2 Å². The van der Waals surface area contributed by atoms with Crippen LogP contribution in [0.5, 0.6) is 0 Å². The summed E-state index contributed by atoms with van der Waals surface area (Å²) >= 11 is 0. The van der Waals surface area contributed by atoms with E-state index < -0.39 is 172 Å². The first-order valence-electron chi connectivity index (χ1n) is 19.6. The molecule has 0 aromatic rings. The molecule has 4 aliphatic heterocycles. The van der Waals surface area contributed by atoms with E-state index in [0.29, 0.717) is 0 Å². The molecular weight excluding hydrogens is 856 g/mol. The number of esters is 9. The largest absolute Gasteiger partial charge is 0.463 e. The lowest BCUT2D eigenvalue weighted by atomic mass is 9.96. The Morgan fingerprint density at radius 1 is 0.365 bits per heavy atom. The fourth-order valence-electron chi connectivity index (χ4n) is 7.16. The topological polar surface area (TPSA) is 301 Å². The van der Waals surface area contributed by atoms with Crippen LogP contribution in [0.1, 0.15) is 69.2 Å². The number of fused-ring (bicyclic) bond motifs is 1. The third kappa shape index (κ3) is 14.2. The number of hydrogen-bond donors (Lipinski definition) is 0. The summed E-state index contributed by atoms with van der Waals surface area (Å²) in [4.78, 5) is 111. The zero-order valence-electron chi connectivity index (χ0n) is 36.1. The fraction of sp³-hybridized carbons (Fsp3) is 0.763. The first-order valence-corrected chi connectivity index (χ1v) is 19.6. The van der Waals surface area contributed by atoms with Gasteiger partial charge in [-0.1, -0.05) is 0 Å². The maximum absolute atomic E-state index is 12.8. The van der Waals surface area contributed by atoms with Crippen LogP contribution in [0.15, 0.2) is 0 Å². The van der Waals surface area contributed by atoms with Gasteiger partial charge >= 0.3 is 53.7 Å². The Morgan fingerprint density at radius 2 is 0.714 bits per heavy atom. The summed E-state index contributed by atoms with van der Waals surface area (Å²) in [5, 5.41) is 0. The summed E-state index contributed by atoms with van der Waals surface area (Å²) in [6, 6.07) is 0. The highest BCUT2D eigenvalue weighted by Gasteiger charge is 2.60. The summed E-state index contributed by atoms with van der Waals surface area (Å²) in [7, 11) is 0. The minimum absolute atomic E-state index is 0.563. The predicted molar refractivity (Wildman–Crippen MR) is 194 cm³/mol. The lowest BCUT2D eigenvalue weighted by molar-refractivity contribution is -0.352. The van der Waals surface area contributed by atoms with Gasteiger partial charge < -0.3 is 75.8 Å². The first-order chi connectivity index (χ1) is 29.5. The number of hydrogen-bond acceptors (Lipinski definition) is 25. The van der Waals surface area contributed by atoms with E-state index in [1.54, 1.807) is 0 Å². The second-order valence-corrected chi connectivity index (χ2v) is 14.5. The SMILES string of the molecule is CC(=O)OC[C@@H]1O[C@@H](O[C@@H]2[C@@H]3OC(C)O[C@@H]3O[C@H](CO[C@H]3O[C@H](COC(C)=O)[C@@H](OC(C)=O)[C@H](OC(C)=O)[C@@H]3OC(C)=O)[C@H]2OC(C)=O)[C@H](OC(C)=O)[C@H](OC(C)=O)[C@H]1OC(C)=O. The van der Waals surface area contributed by atoms with Crippen LogP contribution in [0, 0.1) is 0 Å². The van der Waals surface area contributed by atoms with Gasteiger partial charge in [0.15, 0.2) is 67.9 Å². The van der Waals surface area contributed by atoms with Gasteiger partial charge in [-0.3, -0.25) is 43.2 Å². The van der Waals surface area contributed by atoms with Crippen molar-refractivity contribution >= 4 is 53.7 Å². The standard InChI is InChI=1S/C38H52O25/c1-14(39)48-11-24-27(51-16(3)41)30(54-19(6)44)33(56-21(8)46)36(60-24)50-13-26-29(53-18(5)43)32(35-37(61-26)59-23(10)58-35)63-38-34(57-22(9)47)31(55-20(7)45)28(52-17(4)42)25(62-38)12-49-15(2)40/h23-38H,11-13H2,1-10H3/t23?,24-,25+,26-,27-,28+,29-,30+,31-,32+,33+,34-,35+,36+,37-,38+/m1/s1. The Bertz CT molecular complexity index is 1700. The molecule has 25 heteroatoms. The van der Waals surface area contributed by atoms with Gasteiger partial charge in [0.2, 0.25) is 0 Å². The zero-order valence-corrected chi connectivity index (χ0v) is 36.1. The number of rotatable bonds is 16. The summed E-state index contributed by atoms with van der Waals surface area (Å²) in [6.07, 6.45) is -24.0. The van der Waals surface area contributed by atoms with E-state index in [1.807, 2.05) is 0 Å². The maximum atomic E-state index is 12.8. The fourth-order valence-corrected chi connectivity index (χ4v) is 7.16. The Morgan fingerprint density at radius 3 is 1.13 bits per heavy atom. The van der Waals surface area contributed by atoms with Gasteiger partial charge in [-0.15, -0.1) is 0 Å². The number of carbonyl (C=O) groups excluding carboxylic acids is 9. The van der Waals surface area contributed by atoms with E-state index >= 15 is 0 Å². The Hall–Kier alpha value is -5.05. The van der Waals surface area contributed by atoms with Crippen molar-refractivity contribution in [2.24, 2.45) is 0 Å². The third-order valence-electron chi connectivity index (χ3n) is 9.18. The van der Waals surface area contributed by atoms with Crippen molar-refractivity contribution in [3.05, 3.63) is 0 Å². The number of carbonyl (C=O) groups is 9. The highest BCUT2D eigenvalue weighted by Crippen LogP contribution is 2.39. The molecule has 25 nitrogen and oxygen atoms in total. The van der Waals surface area contributed by atoms with E-state index in [0.717, 1.165) is 62.3 Å². The van der Waals surface area contributed by atoms with Crippen molar-refractivity contribution in [1.82, 2.24) is 0 Å². The highest BCUT2D eigenvalue weighted by atomic mass is 16.8. The minimum Gasteiger partial charge on any atom is -0.463 e. The minimum atomic E-state index is -1.80. The molecule has 0 radical (unpaired) electrons. The average Bonchev–Trinajstić information content (AvgIpc) is 3.52. The van der Waals surface area contributed by atoms with Crippen LogP contribution in [0.4, 0.5) is 0 Å². The molecule has 0 N–H and O–H groups in total. The molecule has 4 saturated heterocycles. The predicted octanol–water partition coefficient (Wildman–Crippen LogP) is -1.03. The molecule has 0 spiro atoms. The molecule has 16 atom stereocenters. The summed E-state index contributed by atoms with van der Waals surface area (Å²) in [5.41, 5.74) is 0. The third-order valence-corrected chi connectivity index (χ3v) is 9.18. The zero-order chi connectivity index (χ0) is 46.9. The molecule has 354 valence electrons. The van der Waals surface area contributed by atoms with Gasteiger partial charge in [-0.25, -0.2) is 0 Å². The molecule has 0 saturated carbocycles. The van der Waals surface area contributed by atoms with Crippen LogP contribution in [-0.4, -0.2) is 172 Å². The summed E-state index contributed by atoms with van der Waals surface area (Å²) in [6.45, 7) is 9.18. The molecule has 4 heterocycles. The van der Waals surface area contributed by atoms with Gasteiger partial charge in [0.1, 0.15) is 43.7 Å². The number of ether oxygens (including phenoxy) is 16. The van der Waals surface area contributed by atoms with E-state index in [2.05, 4.69) is 0 Å². The lowest BCUT2D eigenvalue weighted by Gasteiger charge is -2.48. The van der Waals surface area contributed by atoms with Crippen LogP contribution in [0.2, 0.25) is 0 Å². The van der Waals surface area contributed by atoms with Crippen LogP contribution >= 0.6 is 0 Å². The van der Waals surface area contributed by atoms with Crippen LogP contribution in [0.25, 0.3) is 0 Å². The molecule has 4 fully saturated rings. The lowest BCUT2D eigenvalue weighted by Crippen LogP contribution is -2.66. The van der Waals surface area contributed by atoms with Gasteiger partial charge in [-0.2, -0.15) is 0 Å². The Labute approximate surface area is 359 Å². The van der Waals surface area contributed by atoms with Gasteiger partial charge in [0.05, 0.1) is 6.61 Å². The smallest absolute Gasteiger partial charge is 0.303 e. The maximum Gasteiger partial charge on any atom is 0.303 e. The molecule has 0 aromatic heterocycles. The molecule has 0 bridgehead atoms. The van der Waals surface area contributed by atoms with Crippen LogP contribution in [-0.2, 0) is 119 Å². The van der Waals surface area contributed by atoms with Gasteiger partial charge in [0.25, 0.3) is 0 Å². The molecule has 4 rings (SSSR count). The molecular formula is C38H52O25. The van der Waals surface area contributed by atoms with Crippen molar-refractivity contribution < 1.29 is 119 Å².